The van der Waals surface area contributed by atoms with Crippen molar-refractivity contribution in [3.63, 3.8) is 0 Å². The molecule has 2 aromatic rings. The van der Waals surface area contributed by atoms with E-state index >= 15 is 0 Å². The van der Waals surface area contributed by atoms with Crippen LogP contribution in [0.4, 0.5) is 0 Å². The van der Waals surface area contributed by atoms with Crippen molar-refractivity contribution in [1.82, 2.24) is 0 Å². The topological polar surface area (TPSA) is 0 Å². The van der Waals surface area contributed by atoms with Crippen LogP contribution in [-0.2, 0) is 0 Å². The van der Waals surface area contributed by atoms with E-state index in [-0.39, 0.29) is 10.5 Å². The summed E-state index contributed by atoms with van der Waals surface area (Å²) in [7, 11) is 0. The van der Waals surface area contributed by atoms with E-state index < -0.39 is 0 Å². The summed E-state index contributed by atoms with van der Waals surface area (Å²) in [5.41, 5.74) is 2.41. The molecule has 0 aliphatic heterocycles. The van der Waals surface area contributed by atoms with Crippen molar-refractivity contribution in [2.75, 3.05) is 0 Å². The third-order valence-electron chi connectivity index (χ3n) is 2.58. The van der Waals surface area contributed by atoms with E-state index in [1.807, 2.05) is 36.4 Å². The van der Waals surface area contributed by atoms with Crippen LogP contribution < -0.4 is 0 Å². The first-order valence-electron chi connectivity index (χ1n) is 5.25. The first-order chi connectivity index (χ1) is 7.79. The van der Waals surface area contributed by atoms with Crippen molar-refractivity contribution >= 4 is 25.3 Å². The Hall–Kier alpha value is -0.860. The molecule has 0 fully saturated rings. The fraction of sp³-hybridized carbons (Fsp3) is 0.143. The van der Waals surface area contributed by atoms with Gasteiger partial charge in [-0.05, 0) is 11.1 Å². The average molecular weight is 246 g/mol. The molecule has 2 heteroatoms. The predicted octanol–water partition coefficient (Wildman–Crippen LogP) is 4.33. The molecule has 0 aliphatic rings. The van der Waals surface area contributed by atoms with Crippen molar-refractivity contribution in [2.24, 2.45) is 0 Å². The van der Waals surface area contributed by atoms with E-state index in [0.29, 0.717) is 0 Å². The Kier molecular flexibility index (Phi) is 3.97. The molecule has 2 unspecified atom stereocenters. The second-order valence-electron chi connectivity index (χ2n) is 3.71. The van der Waals surface area contributed by atoms with Gasteiger partial charge >= 0.3 is 0 Å². The number of rotatable bonds is 3. The molecule has 16 heavy (non-hydrogen) atoms. The molecule has 2 atom stereocenters. The standard InChI is InChI=1S/C14H14S2/c15-13(11-7-3-1-4-8-11)14(16)12-9-5-2-6-10-12/h1-10,13-16H. The van der Waals surface area contributed by atoms with E-state index in [9.17, 15) is 0 Å². The molecule has 0 radical (unpaired) electrons. The molecule has 0 aliphatic carbocycles. The summed E-state index contributed by atoms with van der Waals surface area (Å²) in [6, 6.07) is 20.5. The highest BCUT2D eigenvalue weighted by atomic mass is 32.1. The summed E-state index contributed by atoms with van der Waals surface area (Å²) in [6.07, 6.45) is 0. The van der Waals surface area contributed by atoms with Crippen LogP contribution in [0.15, 0.2) is 60.7 Å². The van der Waals surface area contributed by atoms with Gasteiger partial charge in [0.1, 0.15) is 0 Å². The Labute approximate surface area is 108 Å². The lowest BCUT2D eigenvalue weighted by atomic mass is 10.0. The van der Waals surface area contributed by atoms with Crippen molar-refractivity contribution in [3.8, 4) is 0 Å². The summed E-state index contributed by atoms with van der Waals surface area (Å²) in [4.78, 5) is 0. The quantitative estimate of drug-likeness (QED) is 0.740. The zero-order valence-corrected chi connectivity index (χ0v) is 10.6. The number of thiol groups is 2. The second-order valence-corrected chi connectivity index (χ2v) is 4.82. The SMILES string of the molecule is SC(c1ccccc1)C(S)c1ccccc1. The molecule has 0 saturated heterocycles. The average Bonchev–Trinajstić information content (AvgIpc) is 2.39. The minimum Gasteiger partial charge on any atom is -0.170 e. The highest BCUT2D eigenvalue weighted by Crippen LogP contribution is 2.38. The summed E-state index contributed by atoms with van der Waals surface area (Å²) in [6.45, 7) is 0. The lowest BCUT2D eigenvalue weighted by molar-refractivity contribution is 0.920. The van der Waals surface area contributed by atoms with Crippen molar-refractivity contribution in [3.05, 3.63) is 71.8 Å². The zero-order chi connectivity index (χ0) is 11.4. The predicted molar refractivity (Wildman–Crippen MR) is 76.3 cm³/mol. The number of hydrogen-bond acceptors (Lipinski definition) is 2. The first kappa shape index (κ1) is 11.6. The first-order valence-corrected chi connectivity index (χ1v) is 6.28. The summed E-state index contributed by atoms with van der Waals surface area (Å²) >= 11 is 9.30. The Bertz CT molecular complexity index is 382. The normalized spacial score (nSPS) is 14.4. The van der Waals surface area contributed by atoms with E-state index in [4.69, 9.17) is 0 Å². The van der Waals surface area contributed by atoms with Gasteiger partial charge < -0.3 is 0 Å². The van der Waals surface area contributed by atoms with Gasteiger partial charge in [0, 0.05) is 10.5 Å². The third-order valence-corrected chi connectivity index (χ3v) is 4.01. The van der Waals surface area contributed by atoms with Gasteiger partial charge in [0.15, 0.2) is 0 Å². The van der Waals surface area contributed by atoms with Crippen molar-refractivity contribution < 1.29 is 0 Å². The fourth-order valence-electron chi connectivity index (χ4n) is 1.67. The van der Waals surface area contributed by atoms with Gasteiger partial charge in [-0.1, -0.05) is 60.7 Å². The molecule has 82 valence electrons. The molecule has 0 N–H and O–H groups in total. The van der Waals surface area contributed by atoms with Gasteiger partial charge in [0.25, 0.3) is 0 Å². The Morgan fingerprint density at radius 1 is 0.562 bits per heavy atom. The maximum atomic E-state index is 4.65. The van der Waals surface area contributed by atoms with Crippen LogP contribution in [0.5, 0.6) is 0 Å². The Morgan fingerprint density at radius 2 is 0.875 bits per heavy atom. The molecule has 2 aromatic carbocycles. The molecule has 2 rings (SSSR count). The van der Waals surface area contributed by atoms with Crippen LogP contribution >= 0.6 is 25.3 Å². The minimum absolute atomic E-state index is 0.118. The summed E-state index contributed by atoms with van der Waals surface area (Å²) < 4.78 is 0. The van der Waals surface area contributed by atoms with Crippen LogP contribution in [0.2, 0.25) is 0 Å². The van der Waals surface area contributed by atoms with Crippen molar-refractivity contribution in [1.29, 1.82) is 0 Å². The van der Waals surface area contributed by atoms with Gasteiger partial charge in [0.2, 0.25) is 0 Å². The summed E-state index contributed by atoms with van der Waals surface area (Å²) in [5.74, 6) is 0. The van der Waals surface area contributed by atoms with E-state index in [1.54, 1.807) is 0 Å². The minimum atomic E-state index is 0.118. The zero-order valence-electron chi connectivity index (χ0n) is 8.82. The molecule has 0 spiro atoms. The van der Waals surface area contributed by atoms with Crippen LogP contribution in [0.25, 0.3) is 0 Å². The van der Waals surface area contributed by atoms with Gasteiger partial charge in [0.05, 0.1) is 0 Å². The maximum Gasteiger partial charge on any atom is 0.0424 e. The highest BCUT2D eigenvalue weighted by Gasteiger charge is 2.17. The molecule has 0 heterocycles. The maximum absolute atomic E-state index is 4.65. The van der Waals surface area contributed by atoms with E-state index in [2.05, 4.69) is 49.5 Å². The van der Waals surface area contributed by atoms with Crippen LogP contribution in [0, 0.1) is 0 Å². The summed E-state index contributed by atoms with van der Waals surface area (Å²) in [5, 5.41) is 0.235. The van der Waals surface area contributed by atoms with Crippen LogP contribution in [0.1, 0.15) is 21.6 Å². The molecule has 0 nitrogen and oxygen atoms in total. The smallest absolute Gasteiger partial charge is 0.0424 e. The van der Waals surface area contributed by atoms with Crippen LogP contribution in [0.3, 0.4) is 0 Å². The highest BCUT2D eigenvalue weighted by molar-refractivity contribution is 7.84. The lowest BCUT2D eigenvalue weighted by Crippen LogP contribution is -1.99. The van der Waals surface area contributed by atoms with Crippen molar-refractivity contribution in [2.45, 2.75) is 10.5 Å². The molecular formula is C14H14S2. The monoisotopic (exact) mass is 246 g/mol. The van der Waals surface area contributed by atoms with Gasteiger partial charge in [-0.15, -0.1) is 0 Å². The van der Waals surface area contributed by atoms with E-state index in [1.165, 1.54) is 11.1 Å². The van der Waals surface area contributed by atoms with Gasteiger partial charge in [-0.2, -0.15) is 25.3 Å². The van der Waals surface area contributed by atoms with Gasteiger partial charge in [-0.25, -0.2) is 0 Å². The number of benzene rings is 2. The lowest BCUT2D eigenvalue weighted by Gasteiger charge is -2.19. The van der Waals surface area contributed by atoms with Gasteiger partial charge in [-0.3, -0.25) is 0 Å². The molecule has 0 saturated carbocycles. The molecular weight excluding hydrogens is 232 g/mol. The van der Waals surface area contributed by atoms with Crippen LogP contribution in [-0.4, -0.2) is 0 Å². The Morgan fingerprint density at radius 3 is 1.19 bits per heavy atom. The molecule has 0 bridgehead atoms. The molecule has 0 amide bonds. The Balaban J connectivity index is 2.20. The number of hydrogen-bond donors (Lipinski definition) is 2. The third kappa shape index (κ3) is 2.63. The second kappa shape index (κ2) is 5.46. The van der Waals surface area contributed by atoms with E-state index in [0.717, 1.165) is 0 Å². The molecule has 0 aromatic heterocycles. The fourth-order valence-corrected chi connectivity index (χ4v) is 2.35. The largest absolute Gasteiger partial charge is 0.170 e.